The standard InChI is InChI=1S/C14H18BrNO3/c1-9(2)7-16(8-13(17)18)14(19)11-4-5-12(15)10(3)6-11/h4-6,9H,7-8H2,1-3H3,(H,17,18). The smallest absolute Gasteiger partial charge is 0.323 e. The van der Waals surface area contributed by atoms with Crippen LogP contribution in [0.2, 0.25) is 0 Å². The molecule has 19 heavy (non-hydrogen) atoms. The van der Waals surface area contributed by atoms with Gasteiger partial charge in [-0.15, -0.1) is 0 Å². The molecule has 0 saturated carbocycles. The van der Waals surface area contributed by atoms with Crippen LogP contribution in [0.5, 0.6) is 0 Å². The first-order valence-electron chi connectivity index (χ1n) is 6.08. The zero-order chi connectivity index (χ0) is 14.6. The number of halogens is 1. The number of rotatable bonds is 5. The lowest BCUT2D eigenvalue weighted by Crippen LogP contribution is -2.38. The molecule has 0 radical (unpaired) electrons. The topological polar surface area (TPSA) is 57.6 Å². The lowest BCUT2D eigenvalue weighted by molar-refractivity contribution is -0.137. The fraction of sp³-hybridized carbons (Fsp3) is 0.429. The van der Waals surface area contributed by atoms with Crippen molar-refractivity contribution in [1.29, 1.82) is 0 Å². The Morgan fingerprint density at radius 1 is 1.37 bits per heavy atom. The molecule has 104 valence electrons. The highest BCUT2D eigenvalue weighted by molar-refractivity contribution is 9.10. The molecule has 5 heteroatoms. The van der Waals surface area contributed by atoms with Gasteiger partial charge in [-0.05, 0) is 36.6 Å². The summed E-state index contributed by atoms with van der Waals surface area (Å²) in [5.74, 6) is -1.02. The van der Waals surface area contributed by atoms with Crippen molar-refractivity contribution >= 4 is 27.8 Å². The first kappa shape index (κ1) is 15.7. The SMILES string of the molecule is Cc1cc(C(=O)N(CC(=O)O)CC(C)C)ccc1Br. The molecule has 1 aromatic carbocycles. The van der Waals surface area contributed by atoms with Crippen molar-refractivity contribution in [2.24, 2.45) is 5.92 Å². The summed E-state index contributed by atoms with van der Waals surface area (Å²) in [4.78, 5) is 24.5. The van der Waals surface area contributed by atoms with E-state index in [1.807, 2.05) is 20.8 Å². The fourth-order valence-electron chi connectivity index (χ4n) is 1.78. The molecule has 1 rings (SSSR count). The lowest BCUT2D eigenvalue weighted by atomic mass is 10.1. The average Bonchev–Trinajstić information content (AvgIpc) is 2.29. The molecule has 0 aromatic heterocycles. The van der Waals surface area contributed by atoms with E-state index >= 15 is 0 Å². The molecule has 1 aromatic rings. The molecule has 0 bridgehead atoms. The number of benzene rings is 1. The maximum atomic E-state index is 12.3. The first-order chi connectivity index (χ1) is 8.81. The van der Waals surface area contributed by atoms with Gasteiger partial charge < -0.3 is 10.0 Å². The summed E-state index contributed by atoms with van der Waals surface area (Å²) in [5, 5.41) is 8.89. The second-order valence-electron chi connectivity index (χ2n) is 4.94. The predicted octanol–water partition coefficient (Wildman–Crippen LogP) is 2.94. The minimum Gasteiger partial charge on any atom is -0.480 e. The van der Waals surface area contributed by atoms with Gasteiger partial charge in [0.25, 0.3) is 5.91 Å². The van der Waals surface area contributed by atoms with Crippen molar-refractivity contribution in [3.8, 4) is 0 Å². The van der Waals surface area contributed by atoms with Gasteiger partial charge in [-0.1, -0.05) is 29.8 Å². The zero-order valence-electron chi connectivity index (χ0n) is 11.3. The highest BCUT2D eigenvalue weighted by Gasteiger charge is 2.19. The minimum absolute atomic E-state index is 0.222. The average molecular weight is 328 g/mol. The number of carboxylic acid groups (broad SMARTS) is 1. The number of hydrogen-bond acceptors (Lipinski definition) is 2. The minimum atomic E-state index is -0.997. The molecule has 0 saturated heterocycles. The summed E-state index contributed by atoms with van der Waals surface area (Å²) in [5.41, 5.74) is 1.47. The van der Waals surface area contributed by atoms with Crippen molar-refractivity contribution in [2.75, 3.05) is 13.1 Å². The Balaban J connectivity index is 2.97. The van der Waals surface area contributed by atoms with E-state index in [0.29, 0.717) is 12.1 Å². The van der Waals surface area contributed by atoms with Gasteiger partial charge in [0.2, 0.25) is 0 Å². The molecule has 0 unspecified atom stereocenters. The highest BCUT2D eigenvalue weighted by atomic mass is 79.9. The Morgan fingerprint density at radius 2 is 2.00 bits per heavy atom. The van der Waals surface area contributed by atoms with Crippen molar-refractivity contribution in [2.45, 2.75) is 20.8 Å². The van der Waals surface area contributed by atoms with Gasteiger partial charge in [0.05, 0.1) is 0 Å². The summed E-state index contributed by atoms with van der Waals surface area (Å²) in [6.07, 6.45) is 0. The largest absolute Gasteiger partial charge is 0.480 e. The molecule has 0 spiro atoms. The normalized spacial score (nSPS) is 10.6. The Bertz CT molecular complexity index is 486. The first-order valence-corrected chi connectivity index (χ1v) is 6.87. The zero-order valence-corrected chi connectivity index (χ0v) is 12.9. The number of carbonyl (C=O) groups is 2. The van der Waals surface area contributed by atoms with Crippen LogP contribution in [0, 0.1) is 12.8 Å². The van der Waals surface area contributed by atoms with Crippen LogP contribution in [0.4, 0.5) is 0 Å². The Hall–Kier alpha value is -1.36. The van der Waals surface area contributed by atoms with Crippen molar-refractivity contribution in [1.82, 2.24) is 4.90 Å². The van der Waals surface area contributed by atoms with Crippen LogP contribution in [0.3, 0.4) is 0 Å². The molecule has 0 aliphatic carbocycles. The van der Waals surface area contributed by atoms with Gasteiger partial charge >= 0.3 is 5.97 Å². The van der Waals surface area contributed by atoms with Crippen LogP contribution >= 0.6 is 15.9 Å². The monoisotopic (exact) mass is 327 g/mol. The van der Waals surface area contributed by atoms with Gasteiger partial charge in [-0.2, -0.15) is 0 Å². The van der Waals surface area contributed by atoms with Crippen LogP contribution in [0.1, 0.15) is 29.8 Å². The van der Waals surface area contributed by atoms with Crippen LogP contribution in [0.15, 0.2) is 22.7 Å². The summed E-state index contributed by atoms with van der Waals surface area (Å²) < 4.78 is 0.928. The lowest BCUT2D eigenvalue weighted by Gasteiger charge is -2.23. The molecule has 4 nitrogen and oxygen atoms in total. The van der Waals surface area contributed by atoms with E-state index in [-0.39, 0.29) is 18.4 Å². The van der Waals surface area contributed by atoms with Crippen LogP contribution < -0.4 is 0 Å². The molecular weight excluding hydrogens is 310 g/mol. The van der Waals surface area contributed by atoms with Crippen LogP contribution in [0.25, 0.3) is 0 Å². The van der Waals surface area contributed by atoms with Gasteiger partial charge in [0, 0.05) is 16.6 Å². The molecule has 0 heterocycles. The van der Waals surface area contributed by atoms with E-state index in [9.17, 15) is 9.59 Å². The van der Waals surface area contributed by atoms with E-state index < -0.39 is 5.97 Å². The van der Waals surface area contributed by atoms with E-state index in [4.69, 9.17) is 5.11 Å². The van der Waals surface area contributed by atoms with E-state index in [1.165, 1.54) is 4.90 Å². The number of amides is 1. The number of carboxylic acids is 1. The van der Waals surface area contributed by atoms with E-state index in [1.54, 1.807) is 18.2 Å². The molecule has 0 aliphatic heterocycles. The summed E-state index contributed by atoms with van der Waals surface area (Å²) in [6.45, 7) is 5.96. The number of hydrogen-bond donors (Lipinski definition) is 1. The number of aryl methyl sites for hydroxylation is 1. The second-order valence-corrected chi connectivity index (χ2v) is 5.79. The maximum absolute atomic E-state index is 12.3. The summed E-state index contributed by atoms with van der Waals surface area (Å²) >= 11 is 3.38. The second kappa shape index (κ2) is 6.70. The highest BCUT2D eigenvalue weighted by Crippen LogP contribution is 2.18. The molecule has 1 amide bonds. The van der Waals surface area contributed by atoms with Gasteiger partial charge in [-0.25, -0.2) is 0 Å². The number of aliphatic carboxylic acids is 1. The molecule has 0 fully saturated rings. The van der Waals surface area contributed by atoms with E-state index in [2.05, 4.69) is 15.9 Å². The molecular formula is C14H18BrNO3. The van der Waals surface area contributed by atoms with Crippen molar-refractivity contribution in [3.63, 3.8) is 0 Å². The maximum Gasteiger partial charge on any atom is 0.323 e. The Morgan fingerprint density at radius 3 is 2.47 bits per heavy atom. The third-order valence-corrected chi connectivity index (χ3v) is 3.49. The number of carbonyl (C=O) groups excluding carboxylic acids is 1. The number of nitrogens with zero attached hydrogens (tertiary/aromatic N) is 1. The summed E-state index contributed by atoms with van der Waals surface area (Å²) in [7, 11) is 0. The molecule has 1 N–H and O–H groups in total. The third kappa shape index (κ3) is 4.67. The van der Waals surface area contributed by atoms with Gasteiger partial charge in [0.1, 0.15) is 6.54 Å². The fourth-order valence-corrected chi connectivity index (χ4v) is 2.03. The van der Waals surface area contributed by atoms with Gasteiger partial charge in [-0.3, -0.25) is 9.59 Å². The van der Waals surface area contributed by atoms with Crippen LogP contribution in [-0.2, 0) is 4.79 Å². The predicted molar refractivity (Wildman–Crippen MR) is 77.3 cm³/mol. The summed E-state index contributed by atoms with van der Waals surface area (Å²) in [6, 6.07) is 5.27. The van der Waals surface area contributed by atoms with Gasteiger partial charge in [0.15, 0.2) is 0 Å². The van der Waals surface area contributed by atoms with Crippen molar-refractivity contribution in [3.05, 3.63) is 33.8 Å². The van der Waals surface area contributed by atoms with Crippen molar-refractivity contribution < 1.29 is 14.7 Å². The van der Waals surface area contributed by atoms with E-state index in [0.717, 1.165) is 10.0 Å². The Kier molecular flexibility index (Phi) is 5.54. The quantitative estimate of drug-likeness (QED) is 0.904. The third-order valence-electron chi connectivity index (χ3n) is 2.60. The Labute approximate surface area is 121 Å². The van der Waals surface area contributed by atoms with Crippen LogP contribution in [-0.4, -0.2) is 35.0 Å². The molecule has 0 aliphatic rings. The molecule has 0 atom stereocenters.